The third-order valence-electron chi connectivity index (χ3n) is 3.01. The van der Waals surface area contributed by atoms with Crippen LogP contribution in [0.3, 0.4) is 0 Å². The molecule has 0 radical (unpaired) electrons. The van der Waals surface area contributed by atoms with E-state index < -0.39 is 23.8 Å². The second kappa shape index (κ2) is 6.98. The molecule has 1 aliphatic rings. The van der Waals surface area contributed by atoms with E-state index in [4.69, 9.17) is 37.8 Å². The molecule has 1 fully saturated rings. The maximum Gasteiger partial charge on any atom is 0.311 e. The molecule has 1 aromatic carbocycles. The van der Waals surface area contributed by atoms with Gasteiger partial charge in [0.25, 0.3) is 5.91 Å². The van der Waals surface area contributed by atoms with Crippen LogP contribution in [0.4, 0.5) is 0 Å². The summed E-state index contributed by atoms with van der Waals surface area (Å²) >= 11 is 11.6. The van der Waals surface area contributed by atoms with Gasteiger partial charge in [-0.15, -0.1) is 0 Å². The Labute approximate surface area is 130 Å². The smallest absolute Gasteiger partial charge is 0.311 e. The number of benzene rings is 1. The highest BCUT2D eigenvalue weighted by atomic mass is 35.5. The number of ether oxygens (including phenoxy) is 2. The fourth-order valence-corrected chi connectivity index (χ4v) is 2.19. The van der Waals surface area contributed by atoms with E-state index in [0.29, 0.717) is 15.8 Å². The molecule has 1 aromatic rings. The van der Waals surface area contributed by atoms with Crippen LogP contribution < -0.4 is 10.1 Å². The minimum absolute atomic E-state index is 0.0912. The Morgan fingerprint density at radius 1 is 1.33 bits per heavy atom. The minimum atomic E-state index is -0.997. The van der Waals surface area contributed by atoms with Crippen molar-refractivity contribution in [1.82, 2.24) is 5.32 Å². The average Bonchev–Trinajstić information content (AvgIpc) is 2.88. The van der Waals surface area contributed by atoms with Gasteiger partial charge in [0.05, 0.1) is 29.3 Å². The number of rotatable bonds is 5. The molecule has 0 spiro atoms. The SMILES string of the molecule is O=C(COc1ccc(Cl)c(Cl)c1)NC1COCC1C(=O)O. The molecule has 2 N–H and O–H groups in total. The summed E-state index contributed by atoms with van der Waals surface area (Å²) in [7, 11) is 0. The topological polar surface area (TPSA) is 84.9 Å². The van der Waals surface area contributed by atoms with E-state index in [2.05, 4.69) is 5.32 Å². The summed E-state index contributed by atoms with van der Waals surface area (Å²) in [6, 6.07) is 4.09. The minimum Gasteiger partial charge on any atom is -0.484 e. The number of carboxylic acids is 1. The van der Waals surface area contributed by atoms with E-state index in [0.717, 1.165) is 0 Å². The number of amides is 1. The second-order valence-corrected chi connectivity index (χ2v) is 5.34. The van der Waals surface area contributed by atoms with Crippen LogP contribution in [-0.2, 0) is 14.3 Å². The van der Waals surface area contributed by atoms with E-state index in [-0.39, 0.29) is 19.8 Å². The summed E-state index contributed by atoms with van der Waals surface area (Å²) < 4.78 is 10.3. The zero-order valence-corrected chi connectivity index (χ0v) is 12.4. The van der Waals surface area contributed by atoms with Crippen LogP contribution in [-0.4, -0.2) is 42.8 Å². The van der Waals surface area contributed by atoms with Crippen LogP contribution in [0.15, 0.2) is 18.2 Å². The first kappa shape index (κ1) is 15.9. The first-order chi connectivity index (χ1) is 9.97. The molecule has 1 amide bonds. The predicted molar refractivity (Wildman–Crippen MR) is 75.8 cm³/mol. The quantitative estimate of drug-likeness (QED) is 0.854. The summed E-state index contributed by atoms with van der Waals surface area (Å²) in [5, 5.41) is 12.3. The lowest BCUT2D eigenvalue weighted by atomic mass is 10.0. The lowest BCUT2D eigenvalue weighted by Gasteiger charge is -2.16. The third-order valence-corrected chi connectivity index (χ3v) is 3.74. The van der Waals surface area contributed by atoms with Gasteiger partial charge in [-0.25, -0.2) is 0 Å². The van der Waals surface area contributed by atoms with Crippen molar-refractivity contribution in [2.45, 2.75) is 6.04 Å². The van der Waals surface area contributed by atoms with Gasteiger partial charge in [0, 0.05) is 6.07 Å². The van der Waals surface area contributed by atoms with Gasteiger partial charge in [-0.2, -0.15) is 0 Å². The Morgan fingerprint density at radius 3 is 2.76 bits per heavy atom. The summed E-state index contributed by atoms with van der Waals surface area (Å²) in [4.78, 5) is 22.7. The molecular formula is C13H13Cl2NO5. The van der Waals surface area contributed by atoms with Gasteiger partial charge < -0.3 is 19.9 Å². The predicted octanol–water partition coefficient (Wildman–Crippen LogP) is 1.59. The standard InChI is InChI=1S/C13H13Cl2NO5/c14-9-2-1-7(3-10(9)15)21-6-12(17)16-11-5-20-4-8(11)13(18)19/h1-3,8,11H,4-6H2,(H,16,17)(H,18,19). The molecule has 2 atom stereocenters. The maximum atomic E-state index is 11.7. The van der Waals surface area contributed by atoms with Gasteiger partial charge in [0.2, 0.25) is 0 Å². The van der Waals surface area contributed by atoms with Gasteiger partial charge in [0.1, 0.15) is 11.7 Å². The average molecular weight is 334 g/mol. The number of carboxylic acid groups (broad SMARTS) is 1. The van der Waals surface area contributed by atoms with E-state index in [1.807, 2.05) is 0 Å². The van der Waals surface area contributed by atoms with E-state index >= 15 is 0 Å². The molecule has 2 rings (SSSR count). The number of nitrogens with one attached hydrogen (secondary N) is 1. The number of hydrogen-bond donors (Lipinski definition) is 2. The summed E-state index contributed by atoms with van der Waals surface area (Å²) in [5.74, 6) is -1.76. The third kappa shape index (κ3) is 4.23. The maximum absolute atomic E-state index is 11.7. The molecular weight excluding hydrogens is 321 g/mol. The molecule has 21 heavy (non-hydrogen) atoms. The van der Waals surface area contributed by atoms with Crippen molar-refractivity contribution in [3.8, 4) is 5.75 Å². The highest BCUT2D eigenvalue weighted by Gasteiger charge is 2.35. The largest absolute Gasteiger partial charge is 0.484 e. The fraction of sp³-hybridized carbons (Fsp3) is 0.385. The second-order valence-electron chi connectivity index (χ2n) is 4.52. The number of aliphatic carboxylic acids is 1. The molecule has 1 heterocycles. The number of hydrogen-bond acceptors (Lipinski definition) is 4. The van der Waals surface area contributed by atoms with Gasteiger partial charge in [0.15, 0.2) is 6.61 Å². The molecule has 114 valence electrons. The van der Waals surface area contributed by atoms with Crippen molar-refractivity contribution in [3.05, 3.63) is 28.2 Å². The molecule has 1 aliphatic heterocycles. The molecule has 1 saturated heterocycles. The van der Waals surface area contributed by atoms with Crippen molar-refractivity contribution in [1.29, 1.82) is 0 Å². The molecule has 6 nitrogen and oxygen atoms in total. The van der Waals surface area contributed by atoms with Gasteiger partial charge in [-0.05, 0) is 12.1 Å². The highest BCUT2D eigenvalue weighted by Crippen LogP contribution is 2.26. The van der Waals surface area contributed by atoms with Gasteiger partial charge in [-0.1, -0.05) is 23.2 Å². The molecule has 0 saturated carbocycles. The molecule has 2 unspecified atom stereocenters. The van der Waals surface area contributed by atoms with Crippen molar-refractivity contribution < 1.29 is 24.2 Å². The Bertz CT molecular complexity index is 551. The summed E-state index contributed by atoms with van der Waals surface area (Å²) in [6.45, 7) is 0.0181. The van der Waals surface area contributed by atoms with Crippen molar-refractivity contribution in [2.75, 3.05) is 19.8 Å². The zero-order chi connectivity index (χ0) is 15.4. The lowest BCUT2D eigenvalue weighted by molar-refractivity contribution is -0.142. The van der Waals surface area contributed by atoms with Crippen molar-refractivity contribution >= 4 is 35.1 Å². The summed E-state index contributed by atoms with van der Waals surface area (Å²) in [6.07, 6.45) is 0. The Kier molecular flexibility index (Phi) is 5.27. The summed E-state index contributed by atoms with van der Waals surface area (Å²) in [5.41, 5.74) is 0. The Balaban J connectivity index is 1.84. The first-order valence-corrected chi connectivity index (χ1v) is 6.90. The van der Waals surface area contributed by atoms with Crippen LogP contribution in [0.25, 0.3) is 0 Å². The number of carbonyl (C=O) groups excluding carboxylic acids is 1. The van der Waals surface area contributed by atoms with Crippen LogP contribution in [0.5, 0.6) is 5.75 Å². The Morgan fingerprint density at radius 2 is 2.10 bits per heavy atom. The van der Waals surface area contributed by atoms with E-state index in [9.17, 15) is 9.59 Å². The van der Waals surface area contributed by atoms with Crippen LogP contribution in [0.1, 0.15) is 0 Å². The fourth-order valence-electron chi connectivity index (χ4n) is 1.90. The molecule has 0 aliphatic carbocycles. The van der Waals surface area contributed by atoms with Gasteiger partial charge >= 0.3 is 5.97 Å². The number of carbonyl (C=O) groups is 2. The Hall–Kier alpha value is -1.50. The number of halogens is 2. The monoisotopic (exact) mass is 333 g/mol. The molecule has 8 heteroatoms. The van der Waals surface area contributed by atoms with Crippen LogP contribution in [0.2, 0.25) is 10.0 Å². The van der Waals surface area contributed by atoms with Crippen LogP contribution in [0, 0.1) is 5.92 Å². The molecule has 0 bridgehead atoms. The van der Waals surface area contributed by atoms with Crippen LogP contribution >= 0.6 is 23.2 Å². The first-order valence-electron chi connectivity index (χ1n) is 6.15. The lowest BCUT2D eigenvalue weighted by Crippen LogP contribution is -2.44. The molecule has 0 aromatic heterocycles. The van der Waals surface area contributed by atoms with Crippen molar-refractivity contribution in [2.24, 2.45) is 5.92 Å². The van der Waals surface area contributed by atoms with Crippen molar-refractivity contribution in [3.63, 3.8) is 0 Å². The zero-order valence-electron chi connectivity index (χ0n) is 10.8. The normalized spacial score (nSPS) is 21.0. The van der Waals surface area contributed by atoms with Gasteiger partial charge in [-0.3, -0.25) is 9.59 Å². The highest BCUT2D eigenvalue weighted by molar-refractivity contribution is 6.42. The van der Waals surface area contributed by atoms with E-state index in [1.54, 1.807) is 12.1 Å². The van der Waals surface area contributed by atoms with E-state index in [1.165, 1.54) is 6.07 Å².